The van der Waals surface area contributed by atoms with Gasteiger partial charge in [0.05, 0.1) is 4.90 Å². The number of hydrogen-bond donors (Lipinski definition) is 0. The number of benzene rings is 1. The molecule has 4 rings (SSSR count). The molecule has 2 aromatic rings. The number of rotatable bonds is 6. The second-order valence-corrected chi connectivity index (χ2v) is 11.8. The van der Waals surface area contributed by atoms with E-state index in [2.05, 4.69) is 16.0 Å². The van der Waals surface area contributed by atoms with E-state index >= 15 is 0 Å². The minimum atomic E-state index is -3.99. The lowest BCUT2D eigenvalue weighted by Gasteiger charge is -2.19. The van der Waals surface area contributed by atoms with Gasteiger partial charge >= 0.3 is 0 Å². The van der Waals surface area contributed by atoms with Crippen molar-refractivity contribution in [2.45, 2.75) is 32.1 Å². The van der Waals surface area contributed by atoms with Gasteiger partial charge in [-0.1, -0.05) is 36.9 Å². The SMILES string of the molecule is C=CCN1C(=O)C(=C2SC(C)=C(C)N2c2nccs2)SC1=NS(=O)(=O)c1ccc(CC)cc1. The van der Waals surface area contributed by atoms with Crippen LogP contribution in [-0.2, 0) is 21.2 Å². The number of nitrogens with zero attached hydrogens (tertiary/aromatic N) is 4. The van der Waals surface area contributed by atoms with Gasteiger partial charge in [0, 0.05) is 28.7 Å². The summed E-state index contributed by atoms with van der Waals surface area (Å²) in [7, 11) is -3.99. The molecule has 3 heterocycles. The van der Waals surface area contributed by atoms with Gasteiger partial charge in [0.15, 0.2) is 10.3 Å². The third-order valence-electron chi connectivity index (χ3n) is 5.11. The molecule has 0 bridgehead atoms. The molecule has 0 aliphatic carbocycles. The molecule has 33 heavy (non-hydrogen) atoms. The summed E-state index contributed by atoms with van der Waals surface area (Å²) in [6.07, 6.45) is 4.08. The molecule has 11 heteroatoms. The van der Waals surface area contributed by atoms with Crippen LogP contribution in [0.1, 0.15) is 26.3 Å². The number of thioether (sulfide) groups is 2. The number of hydrogen-bond acceptors (Lipinski definition) is 8. The minimum Gasteiger partial charge on any atom is -0.282 e. The molecular weight excluding hydrogens is 497 g/mol. The Hall–Kier alpha value is -2.34. The second kappa shape index (κ2) is 9.49. The van der Waals surface area contributed by atoms with Crippen LogP contribution in [0.5, 0.6) is 0 Å². The summed E-state index contributed by atoms with van der Waals surface area (Å²) < 4.78 is 30.1. The lowest BCUT2D eigenvalue weighted by Crippen LogP contribution is -2.30. The Bertz CT molecular complexity index is 1290. The number of thiazole rings is 1. The smallest absolute Gasteiger partial charge is 0.282 e. The molecule has 1 amide bonds. The monoisotopic (exact) mass is 518 g/mol. The highest BCUT2D eigenvalue weighted by Crippen LogP contribution is 2.49. The Morgan fingerprint density at radius 2 is 1.91 bits per heavy atom. The first-order valence-corrected chi connectivity index (χ1v) is 14.1. The lowest BCUT2D eigenvalue weighted by atomic mass is 10.2. The van der Waals surface area contributed by atoms with Crippen molar-refractivity contribution in [3.8, 4) is 0 Å². The highest BCUT2D eigenvalue weighted by atomic mass is 32.2. The number of carbonyl (C=O) groups excluding carboxylic acids is 1. The predicted octanol–water partition coefficient (Wildman–Crippen LogP) is 5.19. The fourth-order valence-electron chi connectivity index (χ4n) is 3.22. The van der Waals surface area contributed by atoms with Gasteiger partial charge < -0.3 is 0 Å². The van der Waals surface area contributed by atoms with E-state index in [9.17, 15) is 13.2 Å². The standard InChI is InChI=1S/C22H22N4O3S4/c1-5-12-25-19(27)18(20-26(14(3)15(4)31-20)21-23-11-13-30-21)32-22(25)24-33(28,29)17-9-7-16(6-2)8-10-17/h5,7-11,13H,1,6,12H2,2-4H3. The molecule has 1 aromatic carbocycles. The van der Waals surface area contributed by atoms with E-state index in [-0.39, 0.29) is 22.5 Å². The van der Waals surface area contributed by atoms with Gasteiger partial charge in [-0.3, -0.25) is 14.6 Å². The van der Waals surface area contributed by atoms with Crippen LogP contribution in [-0.4, -0.2) is 35.9 Å². The van der Waals surface area contributed by atoms with E-state index < -0.39 is 10.0 Å². The summed E-state index contributed by atoms with van der Waals surface area (Å²) in [5.41, 5.74) is 2.02. The lowest BCUT2D eigenvalue weighted by molar-refractivity contribution is -0.121. The zero-order valence-electron chi connectivity index (χ0n) is 18.3. The largest absolute Gasteiger partial charge is 0.284 e. The molecule has 0 unspecified atom stereocenters. The summed E-state index contributed by atoms with van der Waals surface area (Å²) in [5.74, 6) is -0.304. The maximum atomic E-state index is 13.4. The van der Waals surface area contributed by atoms with Crippen LogP contribution in [0.15, 0.2) is 78.3 Å². The Labute approximate surface area is 206 Å². The van der Waals surface area contributed by atoms with E-state index in [1.165, 1.54) is 28.0 Å². The third kappa shape index (κ3) is 4.54. The minimum absolute atomic E-state index is 0.0907. The van der Waals surface area contributed by atoms with Crippen molar-refractivity contribution >= 4 is 61.1 Å². The summed E-state index contributed by atoms with van der Waals surface area (Å²) >= 11 is 4.01. The van der Waals surface area contributed by atoms with Crippen molar-refractivity contribution in [1.29, 1.82) is 0 Å². The zero-order valence-corrected chi connectivity index (χ0v) is 21.6. The van der Waals surface area contributed by atoms with Crippen molar-refractivity contribution < 1.29 is 13.2 Å². The molecule has 0 spiro atoms. The highest BCUT2D eigenvalue weighted by molar-refractivity contribution is 8.20. The Kier molecular flexibility index (Phi) is 6.85. The Morgan fingerprint density at radius 1 is 1.18 bits per heavy atom. The Balaban J connectivity index is 1.77. The van der Waals surface area contributed by atoms with Crippen molar-refractivity contribution in [2.75, 3.05) is 11.4 Å². The summed E-state index contributed by atoms with van der Waals surface area (Å²) in [6.45, 7) is 9.83. The van der Waals surface area contributed by atoms with E-state index in [0.717, 1.165) is 39.5 Å². The maximum Gasteiger partial charge on any atom is 0.284 e. The van der Waals surface area contributed by atoms with E-state index in [0.29, 0.717) is 9.93 Å². The van der Waals surface area contributed by atoms with E-state index in [1.807, 2.05) is 31.1 Å². The number of amides is 1. The molecule has 1 aromatic heterocycles. The van der Waals surface area contributed by atoms with Gasteiger partial charge in [0.1, 0.15) is 9.93 Å². The fourth-order valence-corrected chi connectivity index (χ4v) is 7.41. The number of amidine groups is 1. The van der Waals surface area contributed by atoms with Gasteiger partial charge in [-0.25, -0.2) is 4.98 Å². The zero-order chi connectivity index (χ0) is 23.8. The average molecular weight is 519 g/mol. The molecule has 2 aliphatic heterocycles. The maximum absolute atomic E-state index is 13.4. The number of anilines is 1. The third-order valence-corrected chi connectivity index (χ3v) is 9.64. The topological polar surface area (TPSA) is 82.9 Å². The fraction of sp³-hybridized carbons (Fsp3) is 0.227. The van der Waals surface area contributed by atoms with Gasteiger partial charge in [-0.15, -0.1) is 22.3 Å². The van der Waals surface area contributed by atoms with Gasteiger partial charge in [-0.2, -0.15) is 8.42 Å². The highest BCUT2D eigenvalue weighted by Gasteiger charge is 2.40. The second-order valence-electron chi connectivity index (χ2n) is 7.18. The molecule has 0 atom stereocenters. The van der Waals surface area contributed by atoms with Crippen LogP contribution in [0.2, 0.25) is 0 Å². The summed E-state index contributed by atoms with van der Waals surface area (Å²) in [4.78, 5) is 22.6. The van der Waals surface area contributed by atoms with E-state index in [1.54, 1.807) is 36.5 Å². The number of sulfonamides is 1. The molecule has 172 valence electrons. The van der Waals surface area contributed by atoms with Gasteiger partial charge in [0.2, 0.25) is 0 Å². The normalized spacial score (nSPS) is 20.5. The molecule has 7 nitrogen and oxygen atoms in total. The molecule has 0 saturated carbocycles. The van der Waals surface area contributed by atoms with Crippen molar-refractivity contribution in [3.63, 3.8) is 0 Å². The quantitative estimate of drug-likeness (QED) is 0.385. The Morgan fingerprint density at radius 3 is 2.52 bits per heavy atom. The van der Waals surface area contributed by atoms with Gasteiger partial charge in [-0.05, 0) is 49.7 Å². The molecule has 1 fully saturated rings. The van der Waals surface area contributed by atoms with Crippen LogP contribution >= 0.6 is 34.9 Å². The van der Waals surface area contributed by atoms with Crippen molar-refractivity contribution in [1.82, 2.24) is 9.88 Å². The first-order valence-electron chi connectivity index (χ1n) is 10.1. The number of aryl methyl sites for hydroxylation is 1. The van der Waals surface area contributed by atoms with Crippen LogP contribution in [0.3, 0.4) is 0 Å². The molecule has 0 N–H and O–H groups in total. The van der Waals surface area contributed by atoms with Crippen LogP contribution in [0.25, 0.3) is 0 Å². The van der Waals surface area contributed by atoms with Crippen molar-refractivity contribution in [2.24, 2.45) is 4.40 Å². The summed E-state index contributed by atoms with van der Waals surface area (Å²) in [6, 6.07) is 6.63. The predicted molar refractivity (Wildman–Crippen MR) is 138 cm³/mol. The number of aromatic nitrogens is 1. The van der Waals surface area contributed by atoms with Crippen LogP contribution in [0, 0.1) is 0 Å². The summed E-state index contributed by atoms with van der Waals surface area (Å²) in [5, 5.41) is 3.44. The molecule has 1 saturated heterocycles. The molecule has 0 radical (unpaired) electrons. The van der Waals surface area contributed by atoms with E-state index in [4.69, 9.17) is 0 Å². The van der Waals surface area contributed by atoms with Crippen LogP contribution < -0.4 is 4.90 Å². The van der Waals surface area contributed by atoms with Crippen LogP contribution in [0.4, 0.5) is 5.13 Å². The van der Waals surface area contributed by atoms with Crippen molar-refractivity contribution in [3.05, 3.63) is 74.6 Å². The van der Waals surface area contributed by atoms with Gasteiger partial charge in [0.25, 0.3) is 15.9 Å². The number of allylic oxidation sites excluding steroid dienone is 2. The molecule has 2 aliphatic rings. The number of carbonyl (C=O) groups is 1. The first kappa shape index (κ1) is 23.8. The first-order chi connectivity index (χ1) is 15.8. The molecular formula is C22H22N4O3S4. The average Bonchev–Trinajstić information content (AvgIpc) is 3.49.